The zero-order chi connectivity index (χ0) is 18.0. The Hall–Kier alpha value is -3.00. The first kappa shape index (κ1) is 16.8. The van der Waals surface area contributed by atoms with Gasteiger partial charge in [0.1, 0.15) is 4.83 Å². The fourth-order valence-electron chi connectivity index (χ4n) is 2.42. The minimum absolute atomic E-state index is 0.0956. The fourth-order valence-corrected chi connectivity index (χ4v) is 3.35. The number of aromatic nitrogens is 2. The number of Topliss-reactive ketones (excluding diaryl/α,β-unsaturated/α-hetero) is 1. The van der Waals surface area contributed by atoms with E-state index in [9.17, 15) is 14.4 Å². The average molecular weight is 356 g/mol. The van der Waals surface area contributed by atoms with Gasteiger partial charge < -0.3 is 11.1 Å². The van der Waals surface area contributed by atoms with Crippen LogP contribution in [0.2, 0.25) is 0 Å². The van der Waals surface area contributed by atoms with E-state index < -0.39 is 6.03 Å². The number of nitrogens with zero attached hydrogens (tertiary/aromatic N) is 2. The zero-order valence-corrected chi connectivity index (χ0v) is 14.3. The Kier molecular flexibility index (Phi) is 4.62. The molecule has 128 valence electrons. The summed E-state index contributed by atoms with van der Waals surface area (Å²) in [7, 11) is 0. The summed E-state index contributed by atoms with van der Waals surface area (Å²) in [6.07, 6.45) is 2.24. The Morgan fingerprint density at radius 2 is 2.00 bits per heavy atom. The molecular weight excluding hydrogens is 340 g/mol. The number of carbonyl (C=O) groups is 2. The summed E-state index contributed by atoms with van der Waals surface area (Å²) in [6.45, 7) is 1.92. The van der Waals surface area contributed by atoms with Crippen LogP contribution in [0.5, 0.6) is 0 Å². The molecule has 0 bridgehead atoms. The summed E-state index contributed by atoms with van der Waals surface area (Å²) in [5.41, 5.74) is 5.74. The van der Waals surface area contributed by atoms with Crippen molar-refractivity contribution in [2.45, 2.75) is 19.9 Å². The zero-order valence-electron chi connectivity index (χ0n) is 13.5. The number of anilines is 1. The number of hydrogen-bond donors (Lipinski definition) is 2. The number of carbonyl (C=O) groups excluding carboxylic acids is 2. The van der Waals surface area contributed by atoms with Gasteiger partial charge in [0, 0.05) is 16.1 Å². The highest BCUT2D eigenvalue weighted by Crippen LogP contribution is 2.21. The molecule has 7 nitrogen and oxygen atoms in total. The van der Waals surface area contributed by atoms with E-state index >= 15 is 0 Å². The van der Waals surface area contributed by atoms with Crippen LogP contribution in [-0.2, 0) is 13.0 Å². The third-order valence-electron chi connectivity index (χ3n) is 3.71. The van der Waals surface area contributed by atoms with Crippen molar-refractivity contribution in [2.75, 3.05) is 5.32 Å². The number of nitrogens with one attached hydrogen (secondary N) is 1. The van der Waals surface area contributed by atoms with Crippen LogP contribution < -0.4 is 16.6 Å². The molecule has 3 rings (SSSR count). The van der Waals surface area contributed by atoms with E-state index in [2.05, 4.69) is 10.3 Å². The summed E-state index contributed by atoms with van der Waals surface area (Å²) in [5.74, 6) is -0.222. The molecule has 2 aromatic heterocycles. The molecule has 8 heteroatoms. The van der Waals surface area contributed by atoms with Crippen molar-refractivity contribution in [1.29, 1.82) is 0 Å². The fraction of sp³-hybridized carbons (Fsp3) is 0.176. The number of hydrogen-bond acceptors (Lipinski definition) is 5. The van der Waals surface area contributed by atoms with Gasteiger partial charge in [-0.15, -0.1) is 11.3 Å². The summed E-state index contributed by atoms with van der Waals surface area (Å²) in [6, 6.07) is 7.46. The van der Waals surface area contributed by atoms with Gasteiger partial charge in [0.2, 0.25) is 0 Å². The molecule has 1 aromatic carbocycles. The minimum Gasteiger partial charge on any atom is -0.351 e. The molecule has 25 heavy (non-hydrogen) atoms. The van der Waals surface area contributed by atoms with Crippen molar-refractivity contribution in [2.24, 2.45) is 5.73 Å². The molecule has 0 atom stereocenters. The quantitative estimate of drug-likeness (QED) is 0.684. The van der Waals surface area contributed by atoms with Gasteiger partial charge in [0.25, 0.3) is 5.56 Å². The lowest BCUT2D eigenvalue weighted by Crippen LogP contribution is -2.24. The van der Waals surface area contributed by atoms with Crippen LogP contribution in [0.25, 0.3) is 10.2 Å². The highest BCUT2D eigenvalue weighted by molar-refractivity contribution is 7.18. The molecule has 3 aromatic rings. The first-order valence-electron chi connectivity index (χ1n) is 7.65. The Morgan fingerprint density at radius 3 is 2.64 bits per heavy atom. The van der Waals surface area contributed by atoms with Gasteiger partial charge in [-0.25, -0.2) is 9.78 Å². The average Bonchev–Trinajstić information content (AvgIpc) is 3.01. The minimum atomic E-state index is -0.674. The standard InChI is InChI=1S/C17H16N4O3S/c1-2-12-7-13-15(25-12)19-9-21(16(13)23)8-14(22)10-3-5-11(6-4-10)20-17(18)24/h3-7,9H,2,8H2,1H3,(H3,18,20,24). The monoisotopic (exact) mass is 356 g/mol. The van der Waals surface area contributed by atoms with Crippen molar-refractivity contribution in [3.8, 4) is 0 Å². The molecule has 3 N–H and O–H groups in total. The summed E-state index contributed by atoms with van der Waals surface area (Å²) in [5, 5.41) is 2.96. The third kappa shape index (κ3) is 3.58. The second-order valence-electron chi connectivity index (χ2n) is 5.45. The number of nitrogens with two attached hydrogens (primary N) is 1. The molecule has 0 aliphatic rings. The maximum atomic E-state index is 12.5. The molecular formula is C17H16N4O3S. The molecule has 2 amide bonds. The van der Waals surface area contributed by atoms with Crippen molar-refractivity contribution in [3.05, 3.63) is 57.5 Å². The summed E-state index contributed by atoms with van der Waals surface area (Å²) in [4.78, 5) is 41.8. The Balaban J connectivity index is 1.83. The second-order valence-corrected chi connectivity index (χ2v) is 6.57. The number of aryl methyl sites for hydroxylation is 1. The van der Waals surface area contributed by atoms with Crippen molar-refractivity contribution in [3.63, 3.8) is 0 Å². The number of primary amides is 1. The second kappa shape index (κ2) is 6.86. The van der Waals surface area contributed by atoms with Crippen molar-refractivity contribution >= 4 is 39.1 Å². The first-order chi connectivity index (χ1) is 12.0. The van der Waals surface area contributed by atoms with Gasteiger partial charge >= 0.3 is 6.03 Å². The van der Waals surface area contributed by atoms with Crippen molar-refractivity contribution < 1.29 is 9.59 Å². The van der Waals surface area contributed by atoms with Crippen LogP contribution >= 0.6 is 11.3 Å². The number of urea groups is 1. The van der Waals surface area contributed by atoms with Crippen LogP contribution in [0, 0.1) is 0 Å². The predicted octanol–water partition coefficient (Wildman–Crippen LogP) is 2.39. The number of rotatable bonds is 5. The molecule has 0 aliphatic carbocycles. The number of thiophene rings is 1. The van der Waals surface area contributed by atoms with Crippen molar-refractivity contribution in [1.82, 2.24) is 9.55 Å². The largest absolute Gasteiger partial charge is 0.351 e. The van der Waals surface area contributed by atoms with Crippen LogP contribution in [0.15, 0.2) is 41.5 Å². The van der Waals surface area contributed by atoms with E-state index in [0.717, 1.165) is 11.3 Å². The smallest absolute Gasteiger partial charge is 0.316 e. The Labute approximate surface area is 147 Å². The lowest BCUT2D eigenvalue weighted by molar-refractivity contribution is 0.0970. The Bertz CT molecular complexity index is 1000. The van der Waals surface area contributed by atoms with E-state index in [1.165, 1.54) is 22.2 Å². The Morgan fingerprint density at radius 1 is 1.28 bits per heavy atom. The van der Waals surface area contributed by atoms with E-state index in [4.69, 9.17) is 5.73 Å². The predicted molar refractivity (Wildman–Crippen MR) is 97.2 cm³/mol. The highest BCUT2D eigenvalue weighted by Gasteiger charge is 2.12. The number of ketones is 1. The molecule has 0 radical (unpaired) electrons. The summed E-state index contributed by atoms with van der Waals surface area (Å²) >= 11 is 1.49. The molecule has 0 aliphatic heterocycles. The normalized spacial score (nSPS) is 10.8. The van der Waals surface area contributed by atoms with Gasteiger partial charge in [-0.1, -0.05) is 6.92 Å². The molecule has 0 unspecified atom stereocenters. The number of benzene rings is 1. The van der Waals surface area contributed by atoms with E-state index in [0.29, 0.717) is 21.5 Å². The highest BCUT2D eigenvalue weighted by atomic mass is 32.1. The third-order valence-corrected chi connectivity index (χ3v) is 4.89. The topological polar surface area (TPSA) is 107 Å². The molecule has 0 spiro atoms. The summed E-state index contributed by atoms with van der Waals surface area (Å²) < 4.78 is 1.31. The van der Waals surface area contributed by atoms with Crippen LogP contribution in [0.1, 0.15) is 22.2 Å². The lowest BCUT2D eigenvalue weighted by Gasteiger charge is -2.06. The number of amides is 2. The van der Waals surface area contributed by atoms with Gasteiger partial charge in [0.15, 0.2) is 5.78 Å². The maximum Gasteiger partial charge on any atom is 0.316 e. The SMILES string of the molecule is CCc1cc2c(=O)n(CC(=O)c3ccc(NC(N)=O)cc3)cnc2s1. The van der Waals surface area contributed by atoms with Crippen LogP contribution in [0.4, 0.5) is 10.5 Å². The first-order valence-corrected chi connectivity index (χ1v) is 8.47. The van der Waals surface area contributed by atoms with E-state index in [1.807, 2.05) is 13.0 Å². The van der Waals surface area contributed by atoms with Gasteiger partial charge in [-0.05, 0) is 36.8 Å². The molecule has 2 heterocycles. The van der Waals surface area contributed by atoms with Crippen LogP contribution in [0.3, 0.4) is 0 Å². The molecule has 0 saturated heterocycles. The van der Waals surface area contributed by atoms with Gasteiger partial charge in [-0.2, -0.15) is 0 Å². The molecule has 0 fully saturated rings. The van der Waals surface area contributed by atoms with E-state index in [-0.39, 0.29) is 17.9 Å². The van der Waals surface area contributed by atoms with Gasteiger partial charge in [-0.3, -0.25) is 14.2 Å². The number of fused-ring (bicyclic) bond motifs is 1. The van der Waals surface area contributed by atoms with Gasteiger partial charge in [0.05, 0.1) is 18.3 Å². The molecule has 0 saturated carbocycles. The van der Waals surface area contributed by atoms with Crippen LogP contribution in [-0.4, -0.2) is 21.4 Å². The van der Waals surface area contributed by atoms with E-state index in [1.54, 1.807) is 24.3 Å². The maximum absolute atomic E-state index is 12.5. The lowest BCUT2D eigenvalue weighted by atomic mass is 10.1.